The maximum absolute atomic E-state index is 13.1. The molecule has 3 nitrogen and oxygen atoms in total. The summed E-state index contributed by atoms with van der Waals surface area (Å²) in [4.78, 5) is 15.6. The lowest BCUT2D eigenvalue weighted by Crippen LogP contribution is -2.39. The summed E-state index contributed by atoms with van der Waals surface area (Å²) < 4.78 is 7.65. The van der Waals surface area contributed by atoms with E-state index in [1.807, 2.05) is 53.4 Å². The molecule has 0 atom stereocenters. The van der Waals surface area contributed by atoms with Gasteiger partial charge in [0, 0.05) is 21.1 Å². The van der Waals surface area contributed by atoms with Crippen LogP contribution in [0.5, 0.6) is 5.75 Å². The molecule has 2 aromatic rings. The van der Waals surface area contributed by atoms with Crippen molar-refractivity contribution in [3.63, 3.8) is 0 Å². The van der Waals surface area contributed by atoms with Crippen molar-refractivity contribution in [3.8, 4) is 5.75 Å². The Labute approximate surface area is 199 Å². The fraction of sp³-hybridized carbons (Fsp3) is 0.304. The van der Waals surface area contributed by atoms with Crippen LogP contribution in [0.4, 0.5) is 0 Å². The van der Waals surface area contributed by atoms with Gasteiger partial charge in [0.05, 0.1) is 4.91 Å². The molecule has 0 aromatic heterocycles. The number of carbonyl (C=O) groups is 1. The molecule has 0 radical (unpaired) electrons. The third kappa shape index (κ3) is 5.10. The first-order valence-corrected chi connectivity index (χ1v) is 12.3. The molecule has 1 saturated carbocycles. The molecule has 1 aliphatic heterocycles. The van der Waals surface area contributed by atoms with E-state index in [4.69, 9.17) is 28.6 Å². The Hall–Kier alpha value is -1.34. The number of carbonyl (C=O) groups excluding carboxylic acids is 1. The molecule has 4 rings (SSSR count). The Morgan fingerprint density at radius 1 is 1.17 bits per heavy atom. The highest BCUT2D eigenvalue weighted by Gasteiger charge is 2.37. The van der Waals surface area contributed by atoms with Crippen LogP contribution in [-0.4, -0.2) is 21.2 Å². The maximum atomic E-state index is 13.1. The predicted octanol–water partition coefficient (Wildman–Crippen LogP) is 7.22. The Balaban J connectivity index is 1.55. The van der Waals surface area contributed by atoms with Crippen molar-refractivity contribution in [1.29, 1.82) is 0 Å². The SMILES string of the molecule is O=C1/C(=C/c2cc(Br)ccc2OCc2ccc(Cl)cc2)SC(=S)N1C1CCCCC1. The van der Waals surface area contributed by atoms with E-state index in [-0.39, 0.29) is 11.9 Å². The molecule has 30 heavy (non-hydrogen) atoms. The van der Waals surface area contributed by atoms with Crippen molar-refractivity contribution >= 4 is 67.8 Å². The summed E-state index contributed by atoms with van der Waals surface area (Å²) in [5.41, 5.74) is 1.87. The number of hydrogen-bond acceptors (Lipinski definition) is 4. The highest BCUT2D eigenvalue weighted by Crippen LogP contribution is 2.38. The fourth-order valence-corrected chi connectivity index (χ4v) is 5.68. The molecule has 0 spiro atoms. The standard InChI is InChI=1S/C23H21BrClNO2S2/c24-17-8-11-20(28-14-15-6-9-18(25)10-7-15)16(12-17)13-21-22(27)26(23(29)30-21)19-4-2-1-3-5-19/h6-13,19H,1-5,14H2/b21-13-. The van der Waals surface area contributed by atoms with Gasteiger partial charge in [-0.15, -0.1) is 0 Å². The van der Waals surface area contributed by atoms with E-state index < -0.39 is 0 Å². The number of thioether (sulfide) groups is 1. The van der Waals surface area contributed by atoms with Crippen molar-refractivity contribution in [1.82, 2.24) is 4.90 Å². The van der Waals surface area contributed by atoms with Crippen LogP contribution in [0.3, 0.4) is 0 Å². The van der Waals surface area contributed by atoms with Crippen LogP contribution in [0.25, 0.3) is 6.08 Å². The smallest absolute Gasteiger partial charge is 0.266 e. The number of thiocarbonyl (C=S) groups is 1. The summed E-state index contributed by atoms with van der Waals surface area (Å²) in [6.07, 6.45) is 7.53. The lowest BCUT2D eigenvalue weighted by atomic mass is 9.94. The first kappa shape index (κ1) is 21.9. The lowest BCUT2D eigenvalue weighted by molar-refractivity contribution is -0.124. The Morgan fingerprint density at radius 2 is 1.90 bits per heavy atom. The minimum absolute atomic E-state index is 0.0144. The fourth-order valence-electron chi connectivity index (χ4n) is 3.78. The minimum Gasteiger partial charge on any atom is -0.488 e. The minimum atomic E-state index is 0.0144. The molecule has 156 valence electrons. The van der Waals surface area contributed by atoms with Gasteiger partial charge in [-0.25, -0.2) is 0 Å². The molecule has 0 bridgehead atoms. The van der Waals surface area contributed by atoms with E-state index in [1.165, 1.54) is 18.2 Å². The molecular formula is C23H21BrClNO2S2. The van der Waals surface area contributed by atoms with Gasteiger partial charge in [-0.1, -0.05) is 82.9 Å². The Morgan fingerprint density at radius 3 is 2.63 bits per heavy atom. The predicted molar refractivity (Wildman–Crippen MR) is 132 cm³/mol. The third-order valence-electron chi connectivity index (χ3n) is 5.33. The third-order valence-corrected chi connectivity index (χ3v) is 7.41. The van der Waals surface area contributed by atoms with Crippen molar-refractivity contribution in [2.45, 2.75) is 44.8 Å². The molecular weight excluding hydrogens is 502 g/mol. The first-order valence-electron chi connectivity index (χ1n) is 9.95. The van der Waals surface area contributed by atoms with E-state index in [9.17, 15) is 4.79 Å². The van der Waals surface area contributed by atoms with Crippen LogP contribution in [0.2, 0.25) is 5.02 Å². The largest absolute Gasteiger partial charge is 0.488 e. The quantitative estimate of drug-likeness (QED) is 0.306. The first-order chi connectivity index (χ1) is 14.5. The molecule has 1 aliphatic carbocycles. The van der Waals surface area contributed by atoms with Gasteiger partial charge in [-0.3, -0.25) is 9.69 Å². The van der Waals surface area contributed by atoms with Gasteiger partial charge in [0.25, 0.3) is 5.91 Å². The number of benzene rings is 2. The van der Waals surface area contributed by atoms with Gasteiger partial charge in [0.2, 0.25) is 0 Å². The number of halogens is 2. The van der Waals surface area contributed by atoms with Gasteiger partial charge < -0.3 is 4.74 Å². The molecule has 0 unspecified atom stereocenters. The molecule has 2 aromatic carbocycles. The zero-order valence-electron chi connectivity index (χ0n) is 16.3. The monoisotopic (exact) mass is 521 g/mol. The van der Waals surface area contributed by atoms with Crippen LogP contribution in [-0.2, 0) is 11.4 Å². The number of amides is 1. The Bertz CT molecular complexity index is 987. The second kappa shape index (κ2) is 9.86. The van der Waals surface area contributed by atoms with E-state index in [0.717, 1.165) is 47.0 Å². The molecule has 1 heterocycles. The van der Waals surface area contributed by atoms with E-state index in [2.05, 4.69) is 15.9 Å². The van der Waals surface area contributed by atoms with Crippen molar-refractivity contribution in [2.75, 3.05) is 0 Å². The highest BCUT2D eigenvalue weighted by molar-refractivity contribution is 9.10. The second-order valence-electron chi connectivity index (χ2n) is 7.44. The highest BCUT2D eigenvalue weighted by atomic mass is 79.9. The summed E-state index contributed by atoms with van der Waals surface area (Å²) in [5.74, 6) is 0.733. The van der Waals surface area contributed by atoms with Gasteiger partial charge in [0.1, 0.15) is 16.7 Å². The van der Waals surface area contributed by atoms with Crippen molar-refractivity contribution in [2.24, 2.45) is 0 Å². The average Bonchev–Trinajstić information content (AvgIpc) is 3.02. The number of nitrogens with zero attached hydrogens (tertiary/aromatic N) is 1. The van der Waals surface area contributed by atoms with E-state index >= 15 is 0 Å². The van der Waals surface area contributed by atoms with Gasteiger partial charge in [-0.05, 0) is 54.8 Å². The van der Waals surface area contributed by atoms with E-state index in [0.29, 0.717) is 20.9 Å². The van der Waals surface area contributed by atoms with Crippen LogP contribution in [0, 0.1) is 0 Å². The maximum Gasteiger partial charge on any atom is 0.266 e. The molecule has 2 fully saturated rings. The molecule has 7 heteroatoms. The zero-order valence-corrected chi connectivity index (χ0v) is 20.2. The lowest BCUT2D eigenvalue weighted by Gasteiger charge is -2.29. The summed E-state index contributed by atoms with van der Waals surface area (Å²) in [5, 5.41) is 0.697. The normalized spacial score (nSPS) is 19.0. The molecule has 0 N–H and O–H groups in total. The van der Waals surface area contributed by atoms with Crippen molar-refractivity contribution < 1.29 is 9.53 Å². The number of hydrogen-bond donors (Lipinski definition) is 0. The summed E-state index contributed by atoms with van der Waals surface area (Å²) in [6.45, 7) is 0.419. The summed E-state index contributed by atoms with van der Waals surface area (Å²) in [6, 6.07) is 13.6. The number of rotatable bonds is 5. The molecule has 1 amide bonds. The zero-order chi connectivity index (χ0) is 21.1. The van der Waals surface area contributed by atoms with E-state index in [1.54, 1.807) is 0 Å². The Kier molecular flexibility index (Phi) is 7.19. The van der Waals surface area contributed by atoms with Gasteiger partial charge in [-0.2, -0.15) is 0 Å². The van der Waals surface area contributed by atoms with Crippen LogP contribution >= 0.6 is 51.5 Å². The molecule has 2 aliphatic rings. The van der Waals surface area contributed by atoms with Crippen molar-refractivity contribution in [3.05, 3.63) is 68.0 Å². The molecule has 1 saturated heterocycles. The summed E-state index contributed by atoms with van der Waals surface area (Å²) in [7, 11) is 0. The van der Waals surface area contributed by atoms with Crippen LogP contribution < -0.4 is 4.74 Å². The van der Waals surface area contributed by atoms with Crippen LogP contribution in [0.1, 0.15) is 43.2 Å². The average molecular weight is 523 g/mol. The summed E-state index contributed by atoms with van der Waals surface area (Å²) >= 11 is 16.4. The van der Waals surface area contributed by atoms with Gasteiger partial charge in [0.15, 0.2) is 0 Å². The second-order valence-corrected chi connectivity index (χ2v) is 10.5. The topological polar surface area (TPSA) is 29.5 Å². The van der Waals surface area contributed by atoms with Gasteiger partial charge >= 0.3 is 0 Å². The number of ether oxygens (including phenoxy) is 1. The van der Waals surface area contributed by atoms with Crippen LogP contribution in [0.15, 0.2) is 51.8 Å².